The van der Waals surface area contributed by atoms with E-state index in [4.69, 9.17) is 4.74 Å². The number of carbonyl (C=O) groups is 1. The zero-order chi connectivity index (χ0) is 15.9. The summed E-state index contributed by atoms with van der Waals surface area (Å²) in [5.74, 6) is -0.146. The van der Waals surface area contributed by atoms with Gasteiger partial charge in [-0.3, -0.25) is 4.79 Å². The third-order valence-corrected chi connectivity index (χ3v) is 2.71. The topological polar surface area (TPSA) is 53.6 Å². The Bertz CT molecular complexity index is 453. The maximum Gasteiger partial charge on any atom is 0.250 e. The summed E-state index contributed by atoms with van der Waals surface area (Å²) in [6, 6.07) is 7.68. The van der Waals surface area contributed by atoms with E-state index < -0.39 is 0 Å². The van der Waals surface area contributed by atoms with E-state index in [2.05, 4.69) is 15.5 Å². The highest BCUT2D eigenvalue weighted by Crippen LogP contribution is 2.20. The normalized spacial score (nSPS) is 11.5. The number of carbonyl (C=O) groups excluding carboxylic acids is 1. The van der Waals surface area contributed by atoms with E-state index in [0.29, 0.717) is 0 Å². The summed E-state index contributed by atoms with van der Waals surface area (Å²) < 4.78 is 5.48. The molecule has 0 radical (unpaired) electrons. The molecular weight excluding hydrogens is 266 g/mol. The van der Waals surface area contributed by atoms with Crippen molar-refractivity contribution in [2.24, 2.45) is 0 Å². The van der Waals surface area contributed by atoms with Gasteiger partial charge >= 0.3 is 0 Å². The fourth-order valence-corrected chi connectivity index (χ4v) is 1.63. The van der Waals surface area contributed by atoms with E-state index in [1.54, 1.807) is 0 Å². The van der Waals surface area contributed by atoms with Crippen molar-refractivity contribution in [3.05, 3.63) is 24.3 Å². The highest BCUT2D eigenvalue weighted by atomic mass is 16.5. The summed E-state index contributed by atoms with van der Waals surface area (Å²) in [5.41, 5.74) is 1.38. The number of hydrogen-bond acceptors (Lipinski definition) is 4. The molecule has 0 unspecified atom stereocenters. The number of ether oxygens (including phenoxy) is 1. The molecule has 5 heteroatoms. The molecular formula is C16H27N3O2. The first-order valence-electron chi connectivity index (χ1n) is 7.19. The van der Waals surface area contributed by atoms with E-state index in [1.165, 1.54) is 0 Å². The monoisotopic (exact) mass is 293 g/mol. The van der Waals surface area contributed by atoms with E-state index in [0.717, 1.165) is 24.5 Å². The summed E-state index contributed by atoms with van der Waals surface area (Å²) in [4.78, 5) is 14.0. The average Bonchev–Trinajstić information content (AvgIpc) is 2.37. The minimum atomic E-state index is -0.319. The SMILES string of the molecule is CN(C)CCNc1ccccc1NC(=O)COC(C)(C)C. The number of amides is 1. The van der Waals surface area contributed by atoms with Crippen molar-refractivity contribution in [2.75, 3.05) is 44.4 Å². The van der Waals surface area contributed by atoms with Gasteiger partial charge in [-0.1, -0.05) is 12.1 Å². The van der Waals surface area contributed by atoms with Crippen LogP contribution in [-0.2, 0) is 9.53 Å². The lowest BCUT2D eigenvalue weighted by molar-refractivity contribution is -0.125. The Morgan fingerprint density at radius 1 is 1.19 bits per heavy atom. The lowest BCUT2D eigenvalue weighted by atomic mass is 10.2. The van der Waals surface area contributed by atoms with Crippen molar-refractivity contribution in [3.63, 3.8) is 0 Å². The molecule has 1 aromatic rings. The fraction of sp³-hybridized carbons (Fsp3) is 0.562. The quantitative estimate of drug-likeness (QED) is 0.810. The molecule has 0 saturated carbocycles. The smallest absolute Gasteiger partial charge is 0.250 e. The number of hydrogen-bond donors (Lipinski definition) is 2. The molecule has 0 aliphatic heterocycles. The molecule has 2 N–H and O–H groups in total. The van der Waals surface area contributed by atoms with Crippen LogP contribution in [0.1, 0.15) is 20.8 Å². The number of para-hydroxylation sites is 2. The Kier molecular flexibility index (Phi) is 6.65. The number of likely N-dealkylation sites (N-methyl/N-ethyl adjacent to an activating group) is 1. The summed E-state index contributed by atoms with van der Waals surface area (Å²) in [7, 11) is 4.05. The second kappa shape index (κ2) is 8.00. The highest BCUT2D eigenvalue weighted by Gasteiger charge is 2.13. The molecule has 0 bridgehead atoms. The van der Waals surface area contributed by atoms with Gasteiger partial charge in [-0.05, 0) is 47.0 Å². The molecule has 21 heavy (non-hydrogen) atoms. The Hall–Kier alpha value is -1.59. The molecule has 1 amide bonds. The Morgan fingerprint density at radius 3 is 2.38 bits per heavy atom. The Labute approximate surface area is 127 Å². The van der Waals surface area contributed by atoms with Crippen LogP contribution in [0.5, 0.6) is 0 Å². The first-order valence-corrected chi connectivity index (χ1v) is 7.19. The first kappa shape index (κ1) is 17.5. The minimum Gasteiger partial charge on any atom is -0.382 e. The maximum atomic E-state index is 11.9. The molecule has 0 fully saturated rings. The molecule has 5 nitrogen and oxygen atoms in total. The predicted molar refractivity (Wildman–Crippen MR) is 87.8 cm³/mol. The number of rotatable bonds is 7. The van der Waals surface area contributed by atoms with E-state index in [1.807, 2.05) is 59.1 Å². The van der Waals surface area contributed by atoms with Crippen molar-refractivity contribution in [1.29, 1.82) is 0 Å². The lowest BCUT2D eigenvalue weighted by Crippen LogP contribution is -2.27. The van der Waals surface area contributed by atoms with Crippen LogP contribution in [0, 0.1) is 0 Å². The van der Waals surface area contributed by atoms with Gasteiger partial charge in [0.25, 0.3) is 0 Å². The largest absolute Gasteiger partial charge is 0.382 e. The van der Waals surface area contributed by atoms with E-state index in [9.17, 15) is 4.79 Å². The van der Waals surface area contributed by atoms with Crippen LogP contribution in [0.3, 0.4) is 0 Å². The van der Waals surface area contributed by atoms with Gasteiger partial charge in [0.1, 0.15) is 6.61 Å². The van der Waals surface area contributed by atoms with Crippen molar-refractivity contribution in [3.8, 4) is 0 Å². The molecule has 0 spiro atoms. The number of anilines is 2. The first-order chi connectivity index (χ1) is 9.78. The summed E-state index contributed by atoms with van der Waals surface area (Å²) in [6.45, 7) is 7.58. The van der Waals surface area contributed by atoms with Crippen molar-refractivity contribution in [1.82, 2.24) is 4.90 Å². The minimum absolute atomic E-state index is 0.0511. The van der Waals surface area contributed by atoms with Crippen LogP contribution in [-0.4, -0.2) is 50.2 Å². The highest BCUT2D eigenvalue weighted by molar-refractivity contribution is 5.95. The summed E-state index contributed by atoms with van der Waals surface area (Å²) in [6.07, 6.45) is 0. The molecule has 118 valence electrons. The number of nitrogens with one attached hydrogen (secondary N) is 2. The van der Waals surface area contributed by atoms with Gasteiger partial charge in [-0.25, -0.2) is 0 Å². The van der Waals surface area contributed by atoms with Crippen LogP contribution in [0.15, 0.2) is 24.3 Å². The second-order valence-corrected chi connectivity index (χ2v) is 6.22. The molecule has 1 rings (SSSR count). The molecule has 0 aromatic heterocycles. The second-order valence-electron chi connectivity index (χ2n) is 6.22. The van der Waals surface area contributed by atoms with Crippen LogP contribution < -0.4 is 10.6 Å². The zero-order valence-corrected chi connectivity index (χ0v) is 13.7. The Morgan fingerprint density at radius 2 is 1.81 bits per heavy atom. The molecule has 0 heterocycles. The van der Waals surface area contributed by atoms with Gasteiger partial charge < -0.3 is 20.3 Å². The average molecular weight is 293 g/mol. The molecule has 1 aromatic carbocycles. The van der Waals surface area contributed by atoms with Crippen molar-refractivity contribution in [2.45, 2.75) is 26.4 Å². The van der Waals surface area contributed by atoms with Gasteiger partial charge in [-0.2, -0.15) is 0 Å². The fourth-order valence-electron chi connectivity index (χ4n) is 1.63. The van der Waals surface area contributed by atoms with E-state index >= 15 is 0 Å². The molecule has 0 aliphatic carbocycles. The third kappa shape index (κ3) is 7.68. The van der Waals surface area contributed by atoms with E-state index in [-0.39, 0.29) is 18.1 Å². The summed E-state index contributed by atoms with van der Waals surface area (Å²) in [5, 5.41) is 6.21. The molecule has 0 atom stereocenters. The van der Waals surface area contributed by atoms with Crippen molar-refractivity contribution < 1.29 is 9.53 Å². The lowest BCUT2D eigenvalue weighted by Gasteiger charge is -2.19. The molecule has 0 aliphatic rings. The van der Waals surface area contributed by atoms with Gasteiger partial charge in [0.2, 0.25) is 5.91 Å². The van der Waals surface area contributed by atoms with Crippen LogP contribution in [0.25, 0.3) is 0 Å². The third-order valence-electron chi connectivity index (χ3n) is 2.71. The zero-order valence-electron chi connectivity index (χ0n) is 13.7. The number of nitrogens with zero attached hydrogens (tertiary/aromatic N) is 1. The number of benzene rings is 1. The van der Waals surface area contributed by atoms with Crippen molar-refractivity contribution >= 4 is 17.3 Å². The van der Waals surface area contributed by atoms with Gasteiger partial charge in [0, 0.05) is 13.1 Å². The Balaban J connectivity index is 2.56. The maximum absolute atomic E-state index is 11.9. The summed E-state index contributed by atoms with van der Waals surface area (Å²) >= 11 is 0. The molecule has 0 saturated heterocycles. The predicted octanol–water partition coefficient (Wildman–Crippen LogP) is 2.41. The van der Waals surface area contributed by atoms with Gasteiger partial charge in [-0.15, -0.1) is 0 Å². The standard InChI is InChI=1S/C16H27N3O2/c1-16(2,3)21-12-15(20)18-14-9-7-6-8-13(14)17-10-11-19(4)5/h6-9,17H,10-12H2,1-5H3,(H,18,20). The van der Waals surface area contributed by atoms with Crippen LogP contribution >= 0.6 is 0 Å². The van der Waals surface area contributed by atoms with Crippen LogP contribution in [0.2, 0.25) is 0 Å². The van der Waals surface area contributed by atoms with Crippen LogP contribution in [0.4, 0.5) is 11.4 Å². The van der Waals surface area contributed by atoms with Gasteiger partial charge in [0.15, 0.2) is 0 Å². The van der Waals surface area contributed by atoms with Gasteiger partial charge in [0.05, 0.1) is 17.0 Å².